The Hall–Kier alpha value is -1.44. The van der Waals surface area contributed by atoms with Crippen LogP contribution in [0, 0.1) is 0 Å². The highest BCUT2D eigenvalue weighted by atomic mass is 35.5. The fraction of sp³-hybridized carbons (Fsp3) is 0.0769. The highest BCUT2D eigenvalue weighted by molar-refractivity contribution is 7.92. The molecule has 0 saturated carbocycles. The zero-order valence-corrected chi connectivity index (χ0v) is 13.0. The molecule has 0 amide bonds. The van der Waals surface area contributed by atoms with Crippen molar-refractivity contribution in [2.45, 2.75) is 11.1 Å². The maximum absolute atomic E-state index is 12.7. The van der Waals surface area contributed by atoms with Crippen LogP contribution < -0.4 is 4.72 Å². The maximum atomic E-state index is 12.7. The van der Waals surface area contributed by atoms with Crippen LogP contribution in [0.25, 0.3) is 0 Å². The number of halogens is 5. The standard InChI is InChI=1S/C13H8Cl2F3NO2S/c14-9-2-1-3-10(7-9)19-22(20,21)12-6-8(13(16,17)18)4-5-11(12)15/h1-7,19H. The number of sulfonamides is 1. The minimum Gasteiger partial charge on any atom is -0.280 e. The van der Waals surface area contributed by atoms with Gasteiger partial charge in [-0.2, -0.15) is 13.2 Å². The molecule has 2 aromatic rings. The first-order chi connectivity index (χ1) is 10.1. The molecule has 0 aliphatic rings. The first kappa shape index (κ1) is 16.9. The van der Waals surface area contributed by atoms with E-state index in [0.29, 0.717) is 12.1 Å². The zero-order valence-electron chi connectivity index (χ0n) is 10.7. The maximum Gasteiger partial charge on any atom is 0.416 e. The molecule has 0 heterocycles. The van der Waals surface area contributed by atoms with E-state index >= 15 is 0 Å². The number of benzene rings is 2. The summed E-state index contributed by atoms with van der Waals surface area (Å²) in [6, 6.07) is 7.82. The molecule has 0 aromatic heterocycles. The molecule has 3 nitrogen and oxygen atoms in total. The van der Waals surface area contributed by atoms with Crippen molar-refractivity contribution in [1.82, 2.24) is 0 Å². The van der Waals surface area contributed by atoms with Crippen molar-refractivity contribution in [2.75, 3.05) is 4.72 Å². The molecule has 0 aliphatic heterocycles. The number of nitrogens with one attached hydrogen (secondary N) is 1. The van der Waals surface area contributed by atoms with Gasteiger partial charge in [-0.25, -0.2) is 8.42 Å². The Balaban J connectivity index is 2.45. The first-order valence-electron chi connectivity index (χ1n) is 5.75. The van der Waals surface area contributed by atoms with Crippen LogP contribution in [0.15, 0.2) is 47.4 Å². The summed E-state index contributed by atoms with van der Waals surface area (Å²) in [6.45, 7) is 0. The second-order valence-electron chi connectivity index (χ2n) is 4.26. The monoisotopic (exact) mass is 369 g/mol. The van der Waals surface area contributed by atoms with Crippen LogP contribution in [-0.2, 0) is 16.2 Å². The Morgan fingerprint density at radius 3 is 2.27 bits per heavy atom. The van der Waals surface area contributed by atoms with Crippen molar-refractivity contribution < 1.29 is 21.6 Å². The van der Waals surface area contributed by atoms with E-state index in [4.69, 9.17) is 23.2 Å². The van der Waals surface area contributed by atoms with Crippen LogP contribution in [0.4, 0.5) is 18.9 Å². The lowest BCUT2D eigenvalue weighted by Crippen LogP contribution is -2.15. The average Bonchev–Trinajstić information content (AvgIpc) is 2.36. The van der Waals surface area contributed by atoms with Crippen LogP contribution in [0.3, 0.4) is 0 Å². The molecule has 0 atom stereocenters. The molecule has 0 fully saturated rings. The summed E-state index contributed by atoms with van der Waals surface area (Å²) in [6.07, 6.45) is -4.68. The van der Waals surface area contributed by atoms with Crippen LogP contribution in [0.2, 0.25) is 10.0 Å². The first-order valence-corrected chi connectivity index (χ1v) is 7.98. The summed E-state index contributed by atoms with van der Waals surface area (Å²) in [5.41, 5.74) is -0.996. The van der Waals surface area contributed by atoms with Gasteiger partial charge < -0.3 is 0 Å². The van der Waals surface area contributed by atoms with Gasteiger partial charge in [-0.15, -0.1) is 0 Å². The Bertz CT molecular complexity index is 807. The van der Waals surface area contributed by atoms with E-state index in [1.54, 1.807) is 0 Å². The predicted octanol–water partition coefficient (Wildman–Crippen LogP) is 4.81. The molecule has 0 bridgehead atoms. The molecule has 0 saturated heterocycles. The van der Waals surface area contributed by atoms with Crippen molar-refractivity contribution in [1.29, 1.82) is 0 Å². The average molecular weight is 370 g/mol. The summed E-state index contributed by atoms with van der Waals surface area (Å²) < 4.78 is 64.6. The fourth-order valence-corrected chi connectivity index (χ4v) is 3.41. The lowest BCUT2D eigenvalue weighted by molar-refractivity contribution is -0.137. The molecule has 22 heavy (non-hydrogen) atoms. The van der Waals surface area contributed by atoms with Crippen molar-refractivity contribution in [3.63, 3.8) is 0 Å². The molecular formula is C13H8Cl2F3NO2S. The molecule has 0 radical (unpaired) electrons. The van der Waals surface area contributed by atoms with Gasteiger partial charge in [-0.05, 0) is 36.4 Å². The number of rotatable bonds is 3. The van der Waals surface area contributed by atoms with Crippen LogP contribution in [0.1, 0.15) is 5.56 Å². The summed E-state index contributed by atoms with van der Waals surface area (Å²) in [4.78, 5) is -0.663. The molecule has 0 aliphatic carbocycles. The van der Waals surface area contributed by atoms with E-state index in [9.17, 15) is 21.6 Å². The molecule has 0 unspecified atom stereocenters. The highest BCUT2D eigenvalue weighted by Gasteiger charge is 2.32. The number of hydrogen-bond acceptors (Lipinski definition) is 2. The number of anilines is 1. The van der Waals surface area contributed by atoms with Crippen molar-refractivity contribution in [2.24, 2.45) is 0 Å². The summed E-state index contributed by atoms with van der Waals surface area (Å²) in [5, 5.41) is -0.0436. The molecule has 2 aromatic carbocycles. The molecular weight excluding hydrogens is 362 g/mol. The minimum absolute atomic E-state index is 0.112. The number of hydrogen-bond donors (Lipinski definition) is 1. The van der Waals surface area contributed by atoms with Gasteiger partial charge >= 0.3 is 6.18 Å². The minimum atomic E-state index is -4.68. The van der Waals surface area contributed by atoms with Crippen LogP contribution >= 0.6 is 23.2 Å². The smallest absolute Gasteiger partial charge is 0.280 e. The molecule has 1 N–H and O–H groups in total. The normalized spacial score (nSPS) is 12.2. The van der Waals surface area contributed by atoms with Crippen LogP contribution in [0.5, 0.6) is 0 Å². The van der Waals surface area contributed by atoms with Crippen molar-refractivity contribution in [3.8, 4) is 0 Å². The van der Waals surface area contributed by atoms with Gasteiger partial charge in [0.1, 0.15) is 4.90 Å². The Morgan fingerprint density at radius 1 is 1.00 bits per heavy atom. The third-order valence-electron chi connectivity index (χ3n) is 2.62. The van der Waals surface area contributed by atoms with E-state index in [0.717, 1.165) is 6.07 Å². The van der Waals surface area contributed by atoms with Crippen molar-refractivity contribution in [3.05, 3.63) is 58.1 Å². The molecule has 9 heteroatoms. The Labute approximate surface area is 134 Å². The third-order valence-corrected chi connectivity index (χ3v) is 4.72. The lowest BCUT2D eigenvalue weighted by Gasteiger charge is -2.12. The van der Waals surface area contributed by atoms with E-state index in [1.165, 1.54) is 24.3 Å². The van der Waals surface area contributed by atoms with E-state index < -0.39 is 26.7 Å². The van der Waals surface area contributed by atoms with Crippen LogP contribution in [-0.4, -0.2) is 8.42 Å². The fourth-order valence-electron chi connectivity index (χ4n) is 1.65. The second kappa shape index (κ2) is 5.98. The van der Waals surface area contributed by atoms with E-state index in [1.807, 2.05) is 0 Å². The topological polar surface area (TPSA) is 46.2 Å². The van der Waals surface area contributed by atoms with Gasteiger partial charge in [0.15, 0.2) is 0 Å². The molecule has 0 spiro atoms. The van der Waals surface area contributed by atoms with Gasteiger partial charge in [0, 0.05) is 5.02 Å². The summed E-state index contributed by atoms with van der Waals surface area (Å²) >= 11 is 11.4. The number of alkyl halides is 3. The third kappa shape index (κ3) is 3.85. The van der Waals surface area contributed by atoms with Gasteiger partial charge in [0.25, 0.3) is 10.0 Å². The van der Waals surface area contributed by atoms with Gasteiger partial charge in [-0.3, -0.25) is 4.72 Å². The SMILES string of the molecule is O=S(=O)(Nc1cccc(Cl)c1)c1cc(C(F)(F)F)ccc1Cl. The largest absolute Gasteiger partial charge is 0.416 e. The predicted molar refractivity (Wildman–Crippen MR) is 78.7 cm³/mol. The highest BCUT2D eigenvalue weighted by Crippen LogP contribution is 2.34. The van der Waals surface area contributed by atoms with Gasteiger partial charge in [-0.1, -0.05) is 29.3 Å². The lowest BCUT2D eigenvalue weighted by atomic mass is 10.2. The Kier molecular flexibility index (Phi) is 4.60. The Morgan fingerprint density at radius 2 is 1.68 bits per heavy atom. The summed E-state index contributed by atoms with van der Waals surface area (Å²) in [5.74, 6) is 0. The van der Waals surface area contributed by atoms with Crippen molar-refractivity contribution >= 4 is 38.9 Å². The summed E-state index contributed by atoms with van der Waals surface area (Å²) in [7, 11) is -4.28. The second-order valence-corrected chi connectivity index (χ2v) is 6.75. The quantitative estimate of drug-likeness (QED) is 0.843. The molecule has 118 valence electrons. The van der Waals surface area contributed by atoms with Gasteiger partial charge in [0.2, 0.25) is 0 Å². The van der Waals surface area contributed by atoms with Gasteiger partial charge in [0.05, 0.1) is 16.3 Å². The zero-order chi connectivity index (χ0) is 16.5. The van der Waals surface area contributed by atoms with E-state index in [-0.39, 0.29) is 15.7 Å². The molecule has 2 rings (SSSR count). The van der Waals surface area contributed by atoms with E-state index in [2.05, 4.69) is 4.72 Å².